The Bertz CT molecular complexity index is 1090. The molecule has 0 spiro atoms. The van der Waals surface area contributed by atoms with Crippen LogP contribution in [0.15, 0.2) is 35.2 Å². The molecule has 0 radical (unpaired) electrons. The summed E-state index contributed by atoms with van der Waals surface area (Å²) in [6.45, 7) is 9.88. The van der Waals surface area contributed by atoms with Gasteiger partial charge in [-0.1, -0.05) is 17.7 Å². The van der Waals surface area contributed by atoms with Gasteiger partial charge >= 0.3 is 6.09 Å². The first-order valence-corrected chi connectivity index (χ1v) is 12.4. The van der Waals surface area contributed by atoms with Gasteiger partial charge in [0.15, 0.2) is 0 Å². The predicted octanol–water partition coefficient (Wildman–Crippen LogP) is 3.72. The van der Waals surface area contributed by atoms with Crippen molar-refractivity contribution in [3.63, 3.8) is 0 Å². The van der Waals surface area contributed by atoms with Gasteiger partial charge in [0.1, 0.15) is 12.2 Å². The SMILES string of the molecule is Cc1ccc(S(=O)(=O)OCC2Cc3cc(OCCNC(=O)OC(C)(C)C)nc(C)c3C2)cc1. The molecule has 0 saturated heterocycles. The molecule has 2 aromatic rings. The fourth-order valence-electron chi connectivity index (χ4n) is 3.64. The van der Waals surface area contributed by atoms with Crippen LogP contribution in [0.3, 0.4) is 0 Å². The average Bonchev–Trinajstić information content (AvgIpc) is 3.13. The van der Waals surface area contributed by atoms with E-state index in [0.717, 1.165) is 22.4 Å². The van der Waals surface area contributed by atoms with Crippen molar-refractivity contribution in [3.05, 3.63) is 52.7 Å². The lowest BCUT2D eigenvalue weighted by atomic mass is 10.1. The molecule has 1 atom stereocenters. The molecule has 1 heterocycles. The van der Waals surface area contributed by atoms with E-state index < -0.39 is 21.8 Å². The van der Waals surface area contributed by atoms with E-state index in [4.69, 9.17) is 13.7 Å². The van der Waals surface area contributed by atoms with E-state index in [1.807, 2.05) is 19.9 Å². The third kappa shape index (κ3) is 7.17. The number of aromatic nitrogens is 1. The van der Waals surface area contributed by atoms with Crippen molar-refractivity contribution in [3.8, 4) is 5.88 Å². The van der Waals surface area contributed by atoms with E-state index in [0.29, 0.717) is 25.3 Å². The van der Waals surface area contributed by atoms with Crippen molar-refractivity contribution in [1.82, 2.24) is 10.3 Å². The predicted molar refractivity (Wildman–Crippen MR) is 124 cm³/mol. The maximum atomic E-state index is 12.5. The number of carbonyl (C=O) groups is 1. The minimum Gasteiger partial charge on any atom is -0.476 e. The zero-order valence-electron chi connectivity index (χ0n) is 19.8. The number of hydrogen-bond acceptors (Lipinski definition) is 7. The molecule has 1 aliphatic carbocycles. The van der Waals surface area contributed by atoms with Crippen LogP contribution >= 0.6 is 0 Å². The van der Waals surface area contributed by atoms with Gasteiger partial charge in [-0.3, -0.25) is 4.18 Å². The van der Waals surface area contributed by atoms with Gasteiger partial charge in [-0.2, -0.15) is 8.42 Å². The van der Waals surface area contributed by atoms with Gasteiger partial charge in [0.05, 0.1) is 18.0 Å². The Morgan fingerprint density at radius 1 is 1.15 bits per heavy atom. The number of rotatable bonds is 8. The second-order valence-corrected chi connectivity index (χ2v) is 10.9. The maximum Gasteiger partial charge on any atom is 0.407 e. The van der Waals surface area contributed by atoms with Crippen molar-refractivity contribution in [2.24, 2.45) is 5.92 Å². The molecule has 1 unspecified atom stereocenters. The van der Waals surface area contributed by atoms with E-state index in [1.54, 1.807) is 45.0 Å². The Balaban J connectivity index is 1.51. The number of ether oxygens (including phenoxy) is 2. The zero-order chi connectivity index (χ0) is 24.2. The molecule has 0 aliphatic heterocycles. The number of aryl methyl sites for hydroxylation is 2. The normalized spacial score (nSPS) is 15.7. The molecule has 1 amide bonds. The van der Waals surface area contributed by atoms with Crippen molar-refractivity contribution < 1.29 is 26.9 Å². The van der Waals surface area contributed by atoms with Gasteiger partial charge < -0.3 is 14.8 Å². The van der Waals surface area contributed by atoms with Crippen molar-refractivity contribution in [2.45, 2.75) is 58.0 Å². The number of pyridine rings is 1. The van der Waals surface area contributed by atoms with Gasteiger partial charge in [0, 0.05) is 11.8 Å². The number of amides is 1. The fraction of sp³-hybridized carbons (Fsp3) is 0.500. The third-order valence-electron chi connectivity index (χ3n) is 5.19. The number of fused-ring (bicyclic) bond motifs is 1. The van der Waals surface area contributed by atoms with E-state index in [2.05, 4.69) is 10.3 Å². The molecular formula is C24H32N2O6S. The van der Waals surface area contributed by atoms with Crippen LogP contribution in [0.25, 0.3) is 0 Å². The highest BCUT2D eigenvalue weighted by Crippen LogP contribution is 2.32. The first kappa shape index (κ1) is 25.0. The summed E-state index contributed by atoms with van der Waals surface area (Å²) in [6.07, 6.45) is 0.903. The van der Waals surface area contributed by atoms with E-state index in [9.17, 15) is 13.2 Å². The number of benzene rings is 1. The molecule has 1 aliphatic rings. The molecule has 0 saturated carbocycles. The number of alkyl carbamates (subject to hydrolysis) is 1. The Morgan fingerprint density at radius 3 is 2.52 bits per heavy atom. The van der Waals surface area contributed by atoms with Gasteiger partial charge in [-0.05, 0) is 76.6 Å². The highest BCUT2D eigenvalue weighted by molar-refractivity contribution is 7.86. The largest absolute Gasteiger partial charge is 0.476 e. The Labute approximate surface area is 195 Å². The molecule has 9 heteroatoms. The highest BCUT2D eigenvalue weighted by Gasteiger charge is 2.27. The van der Waals surface area contributed by atoms with E-state index in [-0.39, 0.29) is 24.0 Å². The Hall–Kier alpha value is -2.65. The molecule has 1 aromatic heterocycles. The maximum absolute atomic E-state index is 12.5. The van der Waals surface area contributed by atoms with Gasteiger partial charge in [0.25, 0.3) is 10.1 Å². The van der Waals surface area contributed by atoms with Crippen molar-refractivity contribution in [1.29, 1.82) is 0 Å². The number of nitrogens with zero attached hydrogens (tertiary/aromatic N) is 1. The van der Waals surface area contributed by atoms with Gasteiger partial charge in [-0.15, -0.1) is 0 Å². The topological polar surface area (TPSA) is 104 Å². The molecule has 1 N–H and O–H groups in total. The first-order valence-electron chi connectivity index (χ1n) is 11.0. The molecule has 8 nitrogen and oxygen atoms in total. The molecule has 0 bridgehead atoms. The summed E-state index contributed by atoms with van der Waals surface area (Å²) in [7, 11) is -3.79. The summed E-state index contributed by atoms with van der Waals surface area (Å²) in [4.78, 5) is 16.4. The minimum absolute atomic E-state index is 0.0461. The number of hydrogen-bond donors (Lipinski definition) is 1. The van der Waals surface area contributed by atoms with Crippen LogP contribution in [-0.2, 0) is 31.9 Å². The lowest BCUT2D eigenvalue weighted by Crippen LogP contribution is -2.34. The highest BCUT2D eigenvalue weighted by atomic mass is 32.2. The zero-order valence-corrected chi connectivity index (χ0v) is 20.6. The smallest absolute Gasteiger partial charge is 0.407 e. The molecular weight excluding hydrogens is 444 g/mol. The number of nitrogens with one attached hydrogen (secondary N) is 1. The lowest BCUT2D eigenvalue weighted by Gasteiger charge is -2.19. The van der Waals surface area contributed by atoms with Crippen LogP contribution in [-0.4, -0.2) is 44.9 Å². The first-order chi connectivity index (χ1) is 15.4. The Kier molecular flexibility index (Phi) is 7.64. The van der Waals surface area contributed by atoms with E-state index >= 15 is 0 Å². The van der Waals surface area contributed by atoms with Crippen LogP contribution in [0.1, 0.15) is 43.2 Å². The van der Waals surface area contributed by atoms with Crippen LogP contribution in [0, 0.1) is 19.8 Å². The van der Waals surface area contributed by atoms with E-state index in [1.165, 1.54) is 0 Å². The van der Waals surface area contributed by atoms with Crippen LogP contribution in [0.2, 0.25) is 0 Å². The van der Waals surface area contributed by atoms with Crippen molar-refractivity contribution in [2.75, 3.05) is 19.8 Å². The molecule has 1 aromatic carbocycles. The summed E-state index contributed by atoms with van der Waals surface area (Å²) in [5.74, 6) is 0.524. The summed E-state index contributed by atoms with van der Waals surface area (Å²) in [5.41, 5.74) is 3.48. The van der Waals surface area contributed by atoms with Gasteiger partial charge in [0.2, 0.25) is 5.88 Å². The molecule has 180 valence electrons. The van der Waals surface area contributed by atoms with Gasteiger partial charge in [-0.25, -0.2) is 9.78 Å². The van der Waals surface area contributed by atoms with Crippen molar-refractivity contribution >= 4 is 16.2 Å². The third-order valence-corrected chi connectivity index (χ3v) is 6.49. The molecule has 0 fully saturated rings. The fourth-order valence-corrected chi connectivity index (χ4v) is 4.62. The summed E-state index contributed by atoms with van der Waals surface area (Å²) in [5, 5.41) is 2.64. The summed E-state index contributed by atoms with van der Waals surface area (Å²) < 4.78 is 41.2. The van der Waals surface area contributed by atoms with Crippen LogP contribution < -0.4 is 10.1 Å². The van der Waals surface area contributed by atoms with Crippen LogP contribution in [0.5, 0.6) is 5.88 Å². The minimum atomic E-state index is -3.79. The second kappa shape index (κ2) is 10.1. The molecule has 33 heavy (non-hydrogen) atoms. The Morgan fingerprint density at radius 2 is 1.85 bits per heavy atom. The standard InChI is InChI=1S/C24H32N2O6S/c1-16-6-8-20(9-7-16)33(28,29)31-15-18-12-19-14-22(26-17(2)21(19)13-18)30-11-10-25-23(27)32-24(3,4)5/h6-9,14,18H,10-13,15H2,1-5H3,(H,25,27). The summed E-state index contributed by atoms with van der Waals surface area (Å²) in [6, 6.07) is 8.50. The second-order valence-electron chi connectivity index (χ2n) is 9.29. The summed E-state index contributed by atoms with van der Waals surface area (Å²) >= 11 is 0. The van der Waals surface area contributed by atoms with Crippen LogP contribution in [0.4, 0.5) is 4.79 Å². The molecule has 3 rings (SSSR count). The lowest BCUT2D eigenvalue weighted by molar-refractivity contribution is 0.0519. The monoisotopic (exact) mass is 476 g/mol. The number of carbonyl (C=O) groups excluding carboxylic acids is 1. The quantitative estimate of drug-likeness (QED) is 0.457. The average molecular weight is 477 g/mol.